The lowest BCUT2D eigenvalue weighted by molar-refractivity contribution is -0.116. The molecule has 0 fully saturated rings. The molecule has 1 heterocycles. The maximum atomic E-state index is 12.2. The molecular formula is C18H16IN3O3. The van der Waals surface area contributed by atoms with Crippen molar-refractivity contribution >= 4 is 45.1 Å². The molecule has 0 aliphatic heterocycles. The first kappa shape index (κ1) is 17.4. The van der Waals surface area contributed by atoms with Crippen molar-refractivity contribution in [2.45, 2.75) is 19.9 Å². The Kier molecular flexibility index (Phi) is 5.03. The Morgan fingerprint density at radius 1 is 1.20 bits per heavy atom. The molecule has 0 saturated carbocycles. The van der Waals surface area contributed by atoms with E-state index in [0.29, 0.717) is 10.9 Å². The van der Waals surface area contributed by atoms with E-state index in [2.05, 4.69) is 32.9 Å². The fourth-order valence-electron chi connectivity index (χ4n) is 2.66. The van der Waals surface area contributed by atoms with Gasteiger partial charge in [-0.3, -0.25) is 19.1 Å². The summed E-state index contributed by atoms with van der Waals surface area (Å²) in [6.45, 7) is 2.11. The normalized spacial score (nSPS) is 10.8. The van der Waals surface area contributed by atoms with Gasteiger partial charge in [-0.05, 0) is 65.4 Å². The monoisotopic (exact) mass is 449 g/mol. The van der Waals surface area contributed by atoms with Gasteiger partial charge < -0.3 is 5.32 Å². The summed E-state index contributed by atoms with van der Waals surface area (Å²) >= 11 is 2.21. The van der Waals surface area contributed by atoms with Crippen molar-refractivity contribution in [3.05, 3.63) is 72.4 Å². The summed E-state index contributed by atoms with van der Waals surface area (Å²) in [5.41, 5.74) is 1.32. The van der Waals surface area contributed by atoms with Crippen LogP contribution in [0.15, 0.2) is 52.1 Å². The molecule has 3 rings (SSSR count). The van der Waals surface area contributed by atoms with Gasteiger partial charge in [0.1, 0.15) is 0 Å². The van der Waals surface area contributed by atoms with E-state index >= 15 is 0 Å². The van der Waals surface area contributed by atoms with Crippen LogP contribution in [0.2, 0.25) is 0 Å². The second-order valence-electron chi connectivity index (χ2n) is 5.69. The minimum atomic E-state index is -0.512. The van der Waals surface area contributed by atoms with E-state index in [1.807, 2.05) is 25.1 Å². The van der Waals surface area contributed by atoms with Crippen molar-refractivity contribution in [2.24, 2.45) is 0 Å². The molecular weight excluding hydrogens is 433 g/mol. The number of aromatic nitrogens is 2. The molecule has 3 aromatic rings. The molecule has 0 atom stereocenters. The Hall–Kier alpha value is -2.42. The topological polar surface area (TPSA) is 84.0 Å². The molecule has 7 heteroatoms. The number of amides is 1. The summed E-state index contributed by atoms with van der Waals surface area (Å²) in [5, 5.41) is 3.28. The van der Waals surface area contributed by atoms with Crippen LogP contribution in [0.5, 0.6) is 0 Å². The molecule has 0 unspecified atom stereocenters. The van der Waals surface area contributed by atoms with E-state index in [9.17, 15) is 14.4 Å². The predicted molar refractivity (Wildman–Crippen MR) is 106 cm³/mol. The third-order valence-corrected chi connectivity index (χ3v) is 4.60. The SMILES string of the molecule is Cc1cc(I)ccc1NC(=O)CCn1c(=O)[nH]c(=O)c2ccccc21. The number of aromatic amines is 1. The fraction of sp³-hybridized carbons (Fsp3) is 0.167. The van der Waals surface area contributed by atoms with Crippen LogP contribution in [0.4, 0.5) is 5.69 Å². The first-order valence-corrected chi connectivity index (χ1v) is 8.81. The lowest BCUT2D eigenvalue weighted by atomic mass is 10.2. The summed E-state index contributed by atoms with van der Waals surface area (Å²) in [4.78, 5) is 38.5. The number of nitrogens with one attached hydrogen (secondary N) is 2. The lowest BCUT2D eigenvalue weighted by Gasteiger charge is -2.11. The maximum absolute atomic E-state index is 12.2. The maximum Gasteiger partial charge on any atom is 0.328 e. The molecule has 0 bridgehead atoms. The van der Waals surface area contributed by atoms with E-state index in [4.69, 9.17) is 0 Å². The zero-order chi connectivity index (χ0) is 18.0. The Bertz CT molecular complexity index is 1070. The average Bonchev–Trinajstić information content (AvgIpc) is 2.57. The molecule has 0 spiro atoms. The highest BCUT2D eigenvalue weighted by Crippen LogP contribution is 2.18. The molecule has 2 aromatic carbocycles. The molecule has 0 radical (unpaired) electrons. The molecule has 0 saturated heterocycles. The summed E-state index contributed by atoms with van der Waals surface area (Å²) in [5.74, 6) is -0.188. The van der Waals surface area contributed by atoms with Gasteiger partial charge in [0.15, 0.2) is 0 Å². The van der Waals surface area contributed by atoms with Gasteiger partial charge in [-0.2, -0.15) is 0 Å². The number of carbonyl (C=O) groups is 1. The number of nitrogens with zero attached hydrogens (tertiary/aromatic N) is 1. The van der Waals surface area contributed by atoms with Gasteiger partial charge in [-0.15, -0.1) is 0 Å². The van der Waals surface area contributed by atoms with Gasteiger partial charge in [-0.25, -0.2) is 4.79 Å². The minimum absolute atomic E-state index is 0.126. The Labute approximate surface area is 157 Å². The highest BCUT2D eigenvalue weighted by atomic mass is 127. The summed E-state index contributed by atoms with van der Waals surface area (Å²) in [7, 11) is 0. The van der Waals surface area contributed by atoms with Gasteiger partial charge in [0, 0.05) is 22.2 Å². The summed E-state index contributed by atoms with van der Waals surface area (Å²) in [6, 6.07) is 12.6. The quantitative estimate of drug-likeness (QED) is 0.601. The van der Waals surface area contributed by atoms with E-state index in [0.717, 1.165) is 14.8 Å². The molecule has 1 amide bonds. The summed E-state index contributed by atoms with van der Waals surface area (Å²) < 4.78 is 2.51. The van der Waals surface area contributed by atoms with Crippen LogP contribution in [0.1, 0.15) is 12.0 Å². The second-order valence-corrected chi connectivity index (χ2v) is 6.93. The molecule has 2 N–H and O–H groups in total. The Morgan fingerprint density at radius 3 is 2.72 bits per heavy atom. The molecule has 0 aliphatic carbocycles. The molecule has 1 aromatic heterocycles. The van der Waals surface area contributed by atoms with E-state index in [1.165, 1.54) is 4.57 Å². The van der Waals surface area contributed by atoms with Gasteiger partial charge in [0.25, 0.3) is 5.56 Å². The van der Waals surface area contributed by atoms with Crippen LogP contribution < -0.4 is 16.6 Å². The molecule has 128 valence electrons. The number of H-pyrrole nitrogens is 1. The van der Waals surface area contributed by atoms with Crippen molar-refractivity contribution in [1.29, 1.82) is 0 Å². The number of aryl methyl sites for hydroxylation is 2. The van der Waals surface area contributed by atoms with E-state index in [-0.39, 0.29) is 18.9 Å². The number of carbonyl (C=O) groups excluding carboxylic acids is 1. The lowest BCUT2D eigenvalue weighted by Crippen LogP contribution is -2.31. The summed E-state index contributed by atoms with van der Waals surface area (Å²) in [6.07, 6.45) is 0.126. The van der Waals surface area contributed by atoms with Crippen LogP contribution in [0.3, 0.4) is 0 Å². The Morgan fingerprint density at radius 2 is 1.96 bits per heavy atom. The first-order chi connectivity index (χ1) is 12.0. The van der Waals surface area contributed by atoms with Crippen molar-refractivity contribution in [3.63, 3.8) is 0 Å². The minimum Gasteiger partial charge on any atom is -0.326 e. The number of rotatable bonds is 4. The number of benzene rings is 2. The van der Waals surface area contributed by atoms with E-state index in [1.54, 1.807) is 24.3 Å². The third-order valence-electron chi connectivity index (χ3n) is 3.93. The van der Waals surface area contributed by atoms with Crippen LogP contribution in [0.25, 0.3) is 10.9 Å². The number of hydrogen-bond acceptors (Lipinski definition) is 3. The third kappa shape index (κ3) is 3.81. The van der Waals surface area contributed by atoms with Gasteiger partial charge >= 0.3 is 5.69 Å². The van der Waals surface area contributed by atoms with Crippen molar-refractivity contribution in [1.82, 2.24) is 9.55 Å². The number of hydrogen-bond donors (Lipinski definition) is 2. The van der Waals surface area contributed by atoms with Gasteiger partial charge in [0.2, 0.25) is 5.91 Å². The number of anilines is 1. The average molecular weight is 449 g/mol. The largest absolute Gasteiger partial charge is 0.328 e. The predicted octanol–water partition coefficient (Wildman–Crippen LogP) is 2.63. The van der Waals surface area contributed by atoms with Gasteiger partial charge in [-0.1, -0.05) is 12.1 Å². The van der Waals surface area contributed by atoms with Crippen LogP contribution >= 0.6 is 22.6 Å². The van der Waals surface area contributed by atoms with Gasteiger partial charge in [0.05, 0.1) is 10.9 Å². The second kappa shape index (κ2) is 7.22. The highest BCUT2D eigenvalue weighted by Gasteiger charge is 2.10. The van der Waals surface area contributed by atoms with Crippen LogP contribution in [-0.4, -0.2) is 15.5 Å². The molecule has 25 heavy (non-hydrogen) atoms. The number of para-hydroxylation sites is 1. The zero-order valence-electron chi connectivity index (χ0n) is 13.5. The van der Waals surface area contributed by atoms with E-state index < -0.39 is 11.2 Å². The smallest absolute Gasteiger partial charge is 0.326 e. The molecule has 0 aliphatic rings. The Balaban J connectivity index is 1.80. The standard InChI is InChI=1S/C18H16IN3O3/c1-11-10-12(19)6-7-14(11)20-16(23)8-9-22-15-5-3-2-4-13(15)17(24)21-18(22)25/h2-7,10H,8-9H2,1H3,(H,20,23)(H,21,24,25). The zero-order valence-corrected chi connectivity index (χ0v) is 15.7. The van der Waals surface area contributed by atoms with Crippen molar-refractivity contribution < 1.29 is 4.79 Å². The van der Waals surface area contributed by atoms with Crippen molar-refractivity contribution in [3.8, 4) is 0 Å². The highest BCUT2D eigenvalue weighted by molar-refractivity contribution is 14.1. The van der Waals surface area contributed by atoms with Crippen LogP contribution in [-0.2, 0) is 11.3 Å². The number of halogens is 1. The molecule has 6 nitrogen and oxygen atoms in total. The van der Waals surface area contributed by atoms with Crippen LogP contribution in [0, 0.1) is 10.5 Å². The fourth-order valence-corrected chi connectivity index (χ4v) is 3.30. The number of fused-ring (bicyclic) bond motifs is 1. The first-order valence-electron chi connectivity index (χ1n) is 7.73. The van der Waals surface area contributed by atoms with Crippen molar-refractivity contribution in [2.75, 3.05) is 5.32 Å².